The van der Waals surface area contributed by atoms with Gasteiger partial charge in [0, 0.05) is 18.3 Å². The second kappa shape index (κ2) is 4.23. The molecule has 2 rings (SSSR count). The van der Waals surface area contributed by atoms with E-state index in [2.05, 4.69) is 15.3 Å². The molecule has 1 atom stereocenters. The summed E-state index contributed by atoms with van der Waals surface area (Å²) < 4.78 is 0. The quantitative estimate of drug-likeness (QED) is 0.533. The molecular formula is C10H13ClN6. The second-order valence-corrected chi connectivity index (χ2v) is 4.15. The second-order valence-electron chi connectivity index (χ2n) is 3.77. The molecule has 0 saturated carbocycles. The predicted molar refractivity (Wildman–Crippen MR) is 66.7 cm³/mol. The van der Waals surface area contributed by atoms with Crippen molar-refractivity contribution >= 4 is 17.6 Å². The molecule has 1 aliphatic heterocycles. The van der Waals surface area contributed by atoms with Gasteiger partial charge in [-0.1, -0.05) is 17.7 Å². The Morgan fingerprint density at radius 3 is 2.76 bits per heavy atom. The zero-order chi connectivity index (χ0) is 12.5. The Labute approximate surface area is 104 Å². The topological polar surface area (TPSA) is 115 Å². The van der Waals surface area contributed by atoms with Gasteiger partial charge < -0.3 is 22.5 Å². The van der Waals surface area contributed by atoms with Gasteiger partial charge in [0.2, 0.25) is 0 Å². The molecule has 0 fully saturated rings. The number of halogens is 1. The van der Waals surface area contributed by atoms with Crippen molar-refractivity contribution in [3.63, 3.8) is 0 Å². The number of aromatic nitrogens is 1. The van der Waals surface area contributed by atoms with Crippen molar-refractivity contribution in [3.8, 4) is 0 Å². The first-order valence-corrected chi connectivity index (χ1v) is 5.36. The van der Waals surface area contributed by atoms with E-state index >= 15 is 0 Å². The molecule has 0 spiro atoms. The fraction of sp³-hybridized carbons (Fsp3) is 0.200. The molecular weight excluding hydrogens is 240 g/mol. The summed E-state index contributed by atoms with van der Waals surface area (Å²) >= 11 is 5.89. The van der Waals surface area contributed by atoms with Crippen LogP contribution in [0.1, 0.15) is 5.69 Å². The molecule has 0 aromatic carbocycles. The van der Waals surface area contributed by atoms with E-state index < -0.39 is 5.66 Å². The van der Waals surface area contributed by atoms with E-state index in [0.717, 1.165) is 5.69 Å². The standard InChI is InChI=1S/C10H13ClN6/c11-8-7(12)10(14,17-9(13)16-8)5-6-3-1-2-4-15-6/h1-4H,5,12,14H2,(H3,13,16,17). The molecule has 90 valence electrons. The maximum Gasteiger partial charge on any atom is 0.196 e. The predicted octanol–water partition coefficient (Wildman–Crippen LogP) is -0.436. The summed E-state index contributed by atoms with van der Waals surface area (Å²) in [6.07, 6.45) is 2.01. The monoisotopic (exact) mass is 252 g/mol. The minimum Gasteiger partial charge on any atom is -0.396 e. The highest BCUT2D eigenvalue weighted by molar-refractivity contribution is 6.31. The zero-order valence-electron chi connectivity index (χ0n) is 9.02. The van der Waals surface area contributed by atoms with Crippen LogP contribution in [-0.2, 0) is 6.42 Å². The molecule has 6 nitrogen and oxygen atoms in total. The normalized spacial score (nSPS) is 24.2. The molecule has 17 heavy (non-hydrogen) atoms. The summed E-state index contributed by atoms with van der Waals surface area (Å²) in [5.74, 6) is 0.141. The summed E-state index contributed by atoms with van der Waals surface area (Å²) in [6, 6.07) is 5.52. The Morgan fingerprint density at radius 1 is 1.35 bits per heavy atom. The van der Waals surface area contributed by atoms with Crippen molar-refractivity contribution in [3.05, 3.63) is 40.9 Å². The van der Waals surface area contributed by atoms with Crippen LogP contribution in [0.3, 0.4) is 0 Å². The molecule has 1 aromatic heterocycles. The number of nitrogens with two attached hydrogens (primary N) is 3. The Bertz CT molecular complexity index is 483. The van der Waals surface area contributed by atoms with Gasteiger partial charge >= 0.3 is 0 Å². The van der Waals surface area contributed by atoms with E-state index in [1.807, 2.05) is 18.2 Å². The Kier molecular flexibility index (Phi) is 2.91. The smallest absolute Gasteiger partial charge is 0.196 e. The third kappa shape index (κ3) is 2.32. The SMILES string of the molecule is NC1=NC(N)(Cc2ccccn2)C(N)=C(Cl)N1. The first-order valence-electron chi connectivity index (χ1n) is 4.98. The van der Waals surface area contributed by atoms with Crippen molar-refractivity contribution in [2.75, 3.05) is 0 Å². The molecule has 0 aliphatic carbocycles. The zero-order valence-corrected chi connectivity index (χ0v) is 9.78. The van der Waals surface area contributed by atoms with Gasteiger partial charge in [-0.25, -0.2) is 4.99 Å². The molecule has 0 radical (unpaired) electrons. The van der Waals surface area contributed by atoms with Crippen molar-refractivity contribution in [1.82, 2.24) is 10.3 Å². The molecule has 2 heterocycles. The number of aliphatic imine (C=N–C) groups is 1. The van der Waals surface area contributed by atoms with Gasteiger partial charge in [0.1, 0.15) is 5.16 Å². The van der Waals surface area contributed by atoms with Gasteiger partial charge in [0.25, 0.3) is 0 Å². The van der Waals surface area contributed by atoms with E-state index in [4.69, 9.17) is 28.8 Å². The van der Waals surface area contributed by atoms with E-state index in [1.165, 1.54) is 0 Å². The van der Waals surface area contributed by atoms with Crippen molar-refractivity contribution in [2.24, 2.45) is 22.2 Å². The third-order valence-electron chi connectivity index (χ3n) is 2.44. The van der Waals surface area contributed by atoms with E-state index in [-0.39, 0.29) is 16.8 Å². The Balaban J connectivity index is 2.32. The van der Waals surface area contributed by atoms with Crippen LogP contribution in [-0.4, -0.2) is 16.6 Å². The molecule has 0 bridgehead atoms. The lowest BCUT2D eigenvalue weighted by molar-refractivity contribution is 0.493. The number of nitrogens with zero attached hydrogens (tertiary/aromatic N) is 2. The molecule has 7 heteroatoms. The van der Waals surface area contributed by atoms with Crippen LogP contribution in [0, 0.1) is 0 Å². The summed E-state index contributed by atoms with van der Waals surface area (Å²) in [5, 5.41) is 2.82. The maximum atomic E-state index is 6.10. The molecule has 1 aliphatic rings. The van der Waals surface area contributed by atoms with E-state index in [1.54, 1.807) is 6.20 Å². The first kappa shape index (κ1) is 11.7. The number of hydrogen-bond donors (Lipinski definition) is 4. The fourth-order valence-electron chi connectivity index (χ4n) is 1.59. The van der Waals surface area contributed by atoms with Crippen LogP contribution in [0.4, 0.5) is 0 Å². The lowest BCUT2D eigenvalue weighted by Gasteiger charge is -2.30. The number of guanidine groups is 1. The highest BCUT2D eigenvalue weighted by atomic mass is 35.5. The van der Waals surface area contributed by atoms with Gasteiger partial charge in [-0.05, 0) is 12.1 Å². The van der Waals surface area contributed by atoms with Gasteiger partial charge in [0.15, 0.2) is 11.6 Å². The molecule has 7 N–H and O–H groups in total. The van der Waals surface area contributed by atoms with E-state index in [0.29, 0.717) is 6.42 Å². The molecule has 0 saturated heterocycles. The van der Waals surface area contributed by atoms with Gasteiger partial charge in [-0.3, -0.25) is 4.98 Å². The highest BCUT2D eigenvalue weighted by Gasteiger charge is 2.34. The maximum absolute atomic E-state index is 6.10. The van der Waals surface area contributed by atoms with Crippen LogP contribution in [0.25, 0.3) is 0 Å². The molecule has 0 amide bonds. The third-order valence-corrected chi connectivity index (χ3v) is 2.74. The summed E-state index contributed by atoms with van der Waals surface area (Å²) in [4.78, 5) is 8.27. The number of nitrogens with one attached hydrogen (secondary N) is 1. The molecule has 1 aromatic rings. The summed E-state index contributed by atoms with van der Waals surface area (Å²) in [7, 11) is 0. The highest BCUT2D eigenvalue weighted by Crippen LogP contribution is 2.23. The van der Waals surface area contributed by atoms with Crippen LogP contribution in [0.5, 0.6) is 0 Å². The lowest BCUT2D eigenvalue weighted by atomic mass is 10.0. The minimum atomic E-state index is -1.15. The van der Waals surface area contributed by atoms with Crippen molar-refractivity contribution in [1.29, 1.82) is 0 Å². The minimum absolute atomic E-state index is 0.141. The van der Waals surface area contributed by atoms with Gasteiger partial charge in [-0.2, -0.15) is 0 Å². The number of rotatable bonds is 2. The lowest BCUT2D eigenvalue weighted by Crippen LogP contribution is -2.53. The average Bonchev–Trinajstić information content (AvgIpc) is 2.27. The number of hydrogen-bond acceptors (Lipinski definition) is 6. The van der Waals surface area contributed by atoms with Crippen LogP contribution in [0.15, 0.2) is 40.2 Å². The number of pyridine rings is 1. The van der Waals surface area contributed by atoms with Gasteiger partial charge in [-0.15, -0.1) is 0 Å². The van der Waals surface area contributed by atoms with E-state index in [9.17, 15) is 0 Å². The van der Waals surface area contributed by atoms with Crippen LogP contribution >= 0.6 is 11.6 Å². The fourth-order valence-corrected chi connectivity index (χ4v) is 1.85. The summed E-state index contributed by atoms with van der Waals surface area (Å²) in [6.45, 7) is 0. The Hall–Kier alpha value is -1.79. The molecule has 1 unspecified atom stereocenters. The Morgan fingerprint density at radius 2 is 2.12 bits per heavy atom. The average molecular weight is 253 g/mol. The van der Waals surface area contributed by atoms with Crippen LogP contribution in [0.2, 0.25) is 0 Å². The van der Waals surface area contributed by atoms with Gasteiger partial charge in [0.05, 0.1) is 5.70 Å². The summed E-state index contributed by atoms with van der Waals surface area (Å²) in [5.41, 5.74) is 17.4. The van der Waals surface area contributed by atoms with Crippen molar-refractivity contribution < 1.29 is 0 Å². The van der Waals surface area contributed by atoms with Crippen LogP contribution < -0.4 is 22.5 Å². The largest absolute Gasteiger partial charge is 0.396 e. The van der Waals surface area contributed by atoms with Crippen molar-refractivity contribution in [2.45, 2.75) is 12.1 Å². The first-order chi connectivity index (χ1) is 8.01.